The smallest absolute Gasteiger partial charge is 0.223 e. The van der Waals surface area contributed by atoms with E-state index in [0.717, 1.165) is 31.5 Å². The van der Waals surface area contributed by atoms with Crippen molar-refractivity contribution in [3.05, 3.63) is 34.4 Å². The molecule has 2 aliphatic rings. The summed E-state index contributed by atoms with van der Waals surface area (Å²) in [6.07, 6.45) is 5.17. The van der Waals surface area contributed by atoms with Gasteiger partial charge >= 0.3 is 0 Å². The first-order chi connectivity index (χ1) is 11.5. The second-order valence-electron chi connectivity index (χ2n) is 7.07. The average molecular weight is 357 g/mol. The number of carbonyl (C=O) groups is 1. The Morgan fingerprint density at radius 3 is 2.62 bits per heavy atom. The van der Waals surface area contributed by atoms with Crippen LogP contribution in [0.2, 0.25) is 5.02 Å². The van der Waals surface area contributed by atoms with Crippen LogP contribution >= 0.6 is 11.6 Å². The monoisotopic (exact) mass is 356 g/mol. The van der Waals surface area contributed by atoms with Gasteiger partial charge in [-0.2, -0.15) is 0 Å². The molecule has 0 unspecified atom stereocenters. The van der Waals surface area contributed by atoms with Crippen molar-refractivity contribution in [3.63, 3.8) is 0 Å². The topological polar surface area (TPSA) is 23.6 Å². The third-order valence-corrected chi connectivity index (χ3v) is 5.55. The Morgan fingerprint density at radius 1 is 1.25 bits per heavy atom. The van der Waals surface area contributed by atoms with Gasteiger partial charge in [-0.15, -0.1) is 0 Å². The number of nitrogens with zero attached hydrogens (tertiary/aromatic N) is 2. The zero-order valence-electron chi connectivity index (χ0n) is 13.9. The van der Waals surface area contributed by atoms with Crippen LogP contribution in [0.15, 0.2) is 12.1 Å². The lowest BCUT2D eigenvalue weighted by atomic mass is 10.1. The Morgan fingerprint density at radius 2 is 1.92 bits per heavy atom. The second kappa shape index (κ2) is 7.36. The van der Waals surface area contributed by atoms with Gasteiger partial charge in [-0.05, 0) is 37.9 Å². The lowest BCUT2D eigenvalue weighted by Gasteiger charge is -2.25. The molecule has 1 saturated carbocycles. The molecule has 1 aromatic carbocycles. The van der Waals surface area contributed by atoms with Crippen molar-refractivity contribution in [2.24, 2.45) is 5.92 Å². The van der Waals surface area contributed by atoms with Gasteiger partial charge < -0.3 is 9.80 Å². The van der Waals surface area contributed by atoms with E-state index in [2.05, 4.69) is 0 Å². The van der Waals surface area contributed by atoms with E-state index in [-0.39, 0.29) is 29.0 Å². The van der Waals surface area contributed by atoms with Gasteiger partial charge in [0.1, 0.15) is 11.6 Å². The summed E-state index contributed by atoms with van der Waals surface area (Å²) in [5.41, 5.74) is 0.177. The summed E-state index contributed by atoms with van der Waals surface area (Å²) in [6.45, 7) is 1.67. The Labute approximate surface area is 146 Å². The highest BCUT2D eigenvalue weighted by molar-refractivity contribution is 6.31. The van der Waals surface area contributed by atoms with Crippen molar-refractivity contribution >= 4 is 17.5 Å². The van der Waals surface area contributed by atoms with Crippen LogP contribution < -0.4 is 0 Å². The Balaban J connectivity index is 1.59. The molecule has 0 aromatic heterocycles. The maximum absolute atomic E-state index is 13.9. The molecule has 0 N–H and O–H groups in total. The summed E-state index contributed by atoms with van der Waals surface area (Å²) in [5, 5.41) is -0.156. The SMILES string of the molecule is CN(Cc1c(F)ccc(F)c1Cl)C[C@@H]1CC(=O)N(C2CCCC2)C1. The standard InChI is InChI=1S/C18H23ClF2N2O/c1-22(11-14-15(20)6-7-16(21)18(14)19)9-12-8-17(24)23(10-12)13-4-2-3-5-13/h6-7,12-13H,2-5,8-11H2,1H3/t12-/m0/s1. The van der Waals surface area contributed by atoms with Crippen LogP contribution in [0.3, 0.4) is 0 Å². The second-order valence-corrected chi connectivity index (χ2v) is 7.45. The van der Waals surface area contributed by atoms with Gasteiger partial charge in [-0.25, -0.2) is 8.78 Å². The number of benzene rings is 1. The van der Waals surface area contributed by atoms with Crippen LogP contribution in [0.25, 0.3) is 0 Å². The quantitative estimate of drug-likeness (QED) is 0.748. The number of rotatable bonds is 5. The minimum atomic E-state index is -0.607. The maximum atomic E-state index is 13.9. The highest BCUT2D eigenvalue weighted by atomic mass is 35.5. The van der Waals surface area contributed by atoms with Crippen molar-refractivity contribution in [1.82, 2.24) is 9.80 Å². The van der Waals surface area contributed by atoms with Gasteiger partial charge in [0, 0.05) is 37.7 Å². The van der Waals surface area contributed by atoms with E-state index in [1.165, 1.54) is 12.8 Å². The summed E-state index contributed by atoms with van der Waals surface area (Å²) in [7, 11) is 1.85. The van der Waals surface area contributed by atoms with Crippen LogP contribution in [-0.4, -0.2) is 41.9 Å². The molecule has 1 aromatic rings. The first-order valence-corrected chi connectivity index (χ1v) is 8.94. The predicted molar refractivity (Wildman–Crippen MR) is 89.8 cm³/mol. The van der Waals surface area contributed by atoms with Crippen LogP contribution in [0.4, 0.5) is 8.78 Å². The third kappa shape index (κ3) is 3.72. The molecule has 0 spiro atoms. The molecule has 1 atom stereocenters. The van der Waals surface area contributed by atoms with Crippen LogP contribution in [0, 0.1) is 17.6 Å². The Bertz CT molecular complexity index is 619. The van der Waals surface area contributed by atoms with E-state index in [0.29, 0.717) is 19.0 Å². The molecule has 1 aliphatic carbocycles. The number of likely N-dealkylation sites (tertiary alicyclic amines) is 1. The van der Waals surface area contributed by atoms with Gasteiger partial charge in [-0.1, -0.05) is 24.4 Å². The molecule has 6 heteroatoms. The van der Waals surface area contributed by atoms with Gasteiger partial charge in [0.15, 0.2) is 0 Å². The van der Waals surface area contributed by atoms with Crippen LogP contribution in [0.5, 0.6) is 0 Å². The molecule has 1 saturated heterocycles. The molecule has 1 aliphatic heterocycles. The van der Waals surface area contributed by atoms with E-state index in [1.807, 2.05) is 16.8 Å². The average Bonchev–Trinajstić information content (AvgIpc) is 3.17. The summed E-state index contributed by atoms with van der Waals surface area (Å²) in [6, 6.07) is 2.55. The van der Waals surface area contributed by atoms with Crippen molar-refractivity contribution in [1.29, 1.82) is 0 Å². The molecule has 2 fully saturated rings. The molecule has 3 nitrogen and oxygen atoms in total. The fourth-order valence-electron chi connectivity index (χ4n) is 3.99. The normalized spacial score (nSPS) is 22.1. The number of hydrogen-bond donors (Lipinski definition) is 0. The zero-order valence-corrected chi connectivity index (χ0v) is 14.7. The van der Waals surface area contributed by atoms with E-state index >= 15 is 0 Å². The highest BCUT2D eigenvalue weighted by Gasteiger charge is 2.35. The zero-order chi connectivity index (χ0) is 17.3. The van der Waals surface area contributed by atoms with E-state index in [9.17, 15) is 13.6 Å². The molecule has 1 heterocycles. The van der Waals surface area contributed by atoms with Crippen molar-refractivity contribution in [2.45, 2.75) is 44.7 Å². The first kappa shape index (κ1) is 17.6. The first-order valence-electron chi connectivity index (χ1n) is 8.56. The third-order valence-electron chi connectivity index (χ3n) is 5.14. The highest BCUT2D eigenvalue weighted by Crippen LogP contribution is 2.30. The Hall–Kier alpha value is -1.20. The summed E-state index contributed by atoms with van der Waals surface area (Å²) >= 11 is 5.89. The maximum Gasteiger partial charge on any atom is 0.223 e. The van der Waals surface area contributed by atoms with Crippen LogP contribution in [0.1, 0.15) is 37.7 Å². The van der Waals surface area contributed by atoms with E-state index in [1.54, 1.807) is 0 Å². The fourth-order valence-corrected chi connectivity index (χ4v) is 4.20. The number of hydrogen-bond acceptors (Lipinski definition) is 2. The van der Waals surface area contributed by atoms with Gasteiger partial charge in [-0.3, -0.25) is 4.79 Å². The summed E-state index contributed by atoms with van der Waals surface area (Å²) in [5.74, 6) is -0.637. The molecule has 132 valence electrons. The molecular formula is C18H23ClF2N2O. The minimum Gasteiger partial charge on any atom is -0.339 e. The van der Waals surface area contributed by atoms with Gasteiger partial charge in [0.2, 0.25) is 5.91 Å². The molecule has 3 rings (SSSR count). The predicted octanol–water partition coefficient (Wildman–Crippen LogP) is 3.84. The molecule has 24 heavy (non-hydrogen) atoms. The number of halogens is 3. The molecule has 0 radical (unpaired) electrons. The van der Waals surface area contributed by atoms with Crippen molar-refractivity contribution < 1.29 is 13.6 Å². The lowest BCUT2D eigenvalue weighted by Crippen LogP contribution is -2.35. The summed E-state index contributed by atoms with van der Waals surface area (Å²) < 4.78 is 27.4. The minimum absolute atomic E-state index is 0.156. The summed E-state index contributed by atoms with van der Waals surface area (Å²) in [4.78, 5) is 16.2. The van der Waals surface area contributed by atoms with E-state index in [4.69, 9.17) is 11.6 Å². The molecular weight excluding hydrogens is 334 g/mol. The molecule has 1 amide bonds. The van der Waals surface area contributed by atoms with Crippen LogP contribution in [-0.2, 0) is 11.3 Å². The number of carbonyl (C=O) groups excluding carboxylic acids is 1. The van der Waals surface area contributed by atoms with Gasteiger partial charge in [0.05, 0.1) is 5.02 Å². The Kier molecular flexibility index (Phi) is 5.40. The molecule has 0 bridgehead atoms. The van der Waals surface area contributed by atoms with E-state index < -0.39 is 11.6 Å². The fraction of sp³-hybridized carbons (Fsp3) is 0.611. The van der Waals surface area contributed by atoms with Crippen molar-refractivity contribution in [2.75, 3.05) is 20.1 Å². The van der Waals surface area contributed by atoms with Gasteiger partial charge in [0.25, 0.3) is 0 Å². The number of amides is 1. The lowest BCUT2D eigenvalue weighted by molar-refractivity contribution is -0.129. The largest absolute Gasteiger partial charge is 0.339 e. The van der Waals surface area contributed by atoms with Crippen molar-refractivity contribution in [3.8, 4) is 0 Å².